The molecular formula is C36H28OP2. The monoisotopic (exact) mass is 538 g/mol. The minimum atomic E-state index is 0.570. The van der Waals surface area contributed by atoms with E-state index >= 15 is 0 Å². The van der Waals surface area contributed by atoms with Crippen molar-refractivity contribution in [2.24, 2.45) is 0 Å². The summed E-state index contributed by atoms with van der Waals surface area (Å²) in [5.41, 5.74) is 4.62. The van der Waals surface area contributed by atoms with Crippen molar-refractivity contribution in [1.82, 2.24) is 0 Å². The van der Waals surface area contributed by atoms with Gasteiger partial charge in [0.2, 0.25) is 0 Å². The molecule has 0 aliphatic carbocycles. The standard InChI is InChI=1S/C36H28OP2/c1-3-15-27(16-4-1)38-35-25-13-9-21-31(35)29-19-7-11-23-33(29)37-34-24-12-8-20-30(34)32-22-10-14-26-36(32)39-28-17-5-2-6-18-28/h1-26,38-39H. The minimum absolute atomic E-state index is 0.570. The Kier molecular flexibility index (Phi) is 7.92. The number of para-hydroxylation sites is 2. The molecule has 6 aromatic carbocycles. The van der Waals surface area contributed by atoms with Crippen LogP contribution in [0.4, 0.5) is 0 Å². The van der Waals surface area contributed by atoms with Crippen molar-refractivity contribution in [2.45, 2.75) is 0 Å². The normalized spacial score (nSPS) is 11.4. The second-order valence-corrected chi connectivity index (χ2v) is 11.9. The van der Waals surface area contributed by atoms with Gasteiger partial charge in [-0.05, 0) is 44.5 Å². The lowest BCUT2D eigenvalue weighted by atomic mass is 10.0. The van der Waals surface area contributed by atoms with Crippen LogP contribution in [0.15, 0.2) is 158 Å². The summed E-state index contributed by atoms with van der Waals surface area (Å²) in [6.45, 7) is 0. The van der Waals surface area contributed by atoms with Gasteiger partial charge >= 0.3 is 0 Å². The highest BCUT2D eigenvalue weighted by Crippen LogP contribution is 2.38. The van der Waals surface area contributed by atoms with Crippen LogP contribution in [-0.4, -0.2) is 0 Å². The molecule has 2 unspecified atom stereocenters. The molecule has 0 N–H and O–H groups in total. The van der Waals surface area contributed by atoms with Crippen LogP contribution in [0.25, 0.3) is 22.3 Å². The van der Waals surface area contributed by atoms with Gasteiger partial charge in [-0.3, -0.25) is 0 Å². The van der Waals surface area contributed by atoms with Gasteiger partial charge in [-0.2, -0.15) is 0 Å². The van der Waals surface area contributed by atoms with E-state index < -0.39 is 0 Å². The third-order valence-electron chi connectivity index (χ3n) is 6.53. The van der Waals surface area contributed by atoms with Gasteiger partial charge in [-0.15, -0.1) is 0 Å². The van der Waals surface area contributed by atoms with E-state index in [0.717, 1.165) is 22.6 Å². The molecule has 0 bridgehead atoms. The van der Waals surface area contributed by atoms with E-state index in [9.17, 15) is 0 Å². The topological polar surface area (TPSA) is 9.23 Å². The Hall–Kier alpha value is -4.02. The Bertz CT molecular complexity index is 1550. The molecule has 0 heterocycles. The lowest BCUT2D eigenvalue weighted by Gasteiger charge is -2.18. The van der Waals surface area contributed by atoms with Crippen LogP contribution in [0, 0.1) is 0 Å². The fraction of sp³-hybridized carbons (Fsp3) is 0. The van der Waals surface area contributed by atoms with E-state index in [4.69, 9.17) is 4.74 Å². The third kappa shape index (κ3) is 6.02. The molecule has 0 aromatic heterocycles. The maximum absolute atomic E-state index is 6.77. The fourth-order valence-corrected chi connectivity index (χ4v) is 7.09. The van der Waals surface area contributed by atoms with Gasteiger partial charge in [0, 0.05) is 11.1 Å². The summed E-state index contributed by atoms with van der Waals surface area (Å²) in [5.74, 6) is 1.72. The van der Waals surface area contributed by atoms with Gasteiger partial charge in [-0.1, -0.05) is 163 Å². The zero-order valence-electron chi connectivity index (χ0n) is 21.4. The summed E-state index contributed by atoms with van der Waals surface area (Å²) >= 11 is 0. The maximum Gasteiger partial charge on any atom is 0.135 e. The number of benzene rings is 6. The summed E-state index contributed by atoms with van der Waals surface area (Å²) < 4.78 is 6.77. The van der Waals surface area contributed by atoms with E-state index in [1.54, 1.807) is 0 Å². The largest absolute Gasteiger partial charge is 0.456 e. The Balaban J connectivity index is 1.37. The lowest BCUT2D eigenvalue weighted by Crippen LogP contribution is -2.07. The highest BCUT2D eigenvalue weighted by Gasteiger charge is 2.15. The summed E-state index contributed by atoms with van der Waals surface area (Å²) in [6.07, 6.45) is 0. The third-order valence-corrected chi connectivity index (χ3v) is 9.19. The summed E-state index contributed by atoms with van der Waals surface area (Å²) in [4.78, 5) is 0. The van der Waals surface area contributed by atoms with Crippen LogP contribution < -0.4 is 26.0 Å². The van der Waals surface area contributed by atoms with Gasteiger partial charge in [0.25, 0.3) is 0 Å². The first-order chi connectivity index (χ1) is 19.3. The van der Waals surface area contributed by atoms with Crippen LogP contribution >= 0.6 is 17.2 Å². The van der Waals surface area contributed by atoms with Gasteiger partial charge in [0.1, 0.15) is 11.5 Å². The Morgan fingerprint density at radius 3 is 1.08 bits per heavy atom. The highest BCUT2D eigenvalue weighted by molar-refractivity contribution is 7.56. The zero-order chi connectivity index (χ0) is 26.3. The number of hydrogen-bond acceptors (Lipinski definition) is 1. The lowest BCUT2D eigenvalue weighted by molar-refractivity contribution is 0.486. The Labute approximate surface area is 234 Å². The van der Waals surface area contributed by atoms with Crippen molar-refractivity contribution in [3.8, 4) is 33.8 Å². The predicted octanol–water partition coefficient (Wildman–Crippen LogP) is 8.07. The summed E-state index contributed by atoms with van der Waals surface area (Å²) in [5, 5.41) is 5.26. The van der Waals surface area contributed by atoms with Gasteiger partial charge in [-0.25, -0.2) is 0 Å². The van der Waals surface area contributed by atoms with Crippen LogP contribution in [-0.2, 0) is 0 Å². The molecule has 0 radical (unpaired) electrons. The van der Waals surface area contributed by atoms with Crippen molar-refractivity contribution in [1.29, 1.82) is 0 Å². The van der Waals surface area contributed by atoms with E-state index in [1.165, 1.54) is 32.3 Å². The second-order valence-electron chi connectivity index (χ2n) is 9.17. The Morgan fingerprint density at radius 1 is 0.308 bits per heavy atom. The summed E-state index contributed by atoms with van der Waals surface area (Å²) in [7, 11) is 1.14. The first-order valence-corrected chi connectivity index (χ1v) is 15.0. The molecule has 0 aliphatic rings. The number of hydrogen-bond donors (Lipinski definition) is 0. The number of rotatable bonds is 8. The van der Waals surface area contributed by atoms with Crippen molar-refractivity contribution in [3.05, 3.63) is 158 Å². The molecule has 6 rings (SSSR count). The van der Waals surface area contributed by atoms with Crippen molar-refractivity contribution in [3.63, 3.8) is 0 Å². The fourth-order valence-electron chi connectivity index (χ4n) is 4.68. The highest BCUT2D eigenvalue weighted by atomic mass is 31.1. The molecule has 0 spiro atoms. The molecule has 3 heteroatoms. The molecule has 0 saturated heterocycles. The van der Waals surface area contributed by atoms with Crippen LogP contribution in [0.1, 0.15) is 0 Å². The minimum Gasteiger partial charge on any atom is -0.456 e. The van der Waals surface area contributed by atoms with Crippen molar-refractivity contribution >= 4 is 38.4 Å². The predicted molar refractivity (Wildman–Crippen MR) is 172 cm³/mol. The molecule has 0 amide bonds. The summed E-state index contributed by atoms with van der Waals surface area (Å²) in [6, 6.07) is 55.4. The van der Waals surface area contributed by atoms with E-state index in [-0.39, 0.29) is 0 Å². The molecular weight excluding hydrogens is 510 g/mol. The SMILES string of the molecule is c1ccc(Pc2ccccc2-c2ccccc2Oc2ccccc2-c2ccccc2Pc2ccccc2)cc1. The quantitative estimate of drug-likeness (QED) is 0.178. The first kappa shape index (κ1) is 25.3. The van der Waals surface area contributed by atoms with Crippen LogP contribution in [0.2, 0.25) is 0 Å². The van der Waals surface area contributed by atoms with Crippen molar-refractivity contribution in [2.75, 3.05) is 0 Å². The zero-order valence-corrected chi connectivity index (χ0v) is 23.4. The second kappa shape index (κ2) is 12.2. The smallest absolute Gasteiger partial charge is 0.135 e. The van der Waals surface area contributed by atoms with Crippen LogP contribution in [0.5, 0.6) is 11.5 Å². The first-order valence-electron chi connectivity index (χ1n) is 13.0. The van der Waals surface area contributed by atoms with Gasteiger partial charge < -0.3 is 4.74 Å². The van der Waals surface area contributed by atoms with E-state index in [0.29, 0.717) is 17.2 Å². The van der Waals surface area contributed by atoms with E-state index in [2.05, 4.69) is 146 Å². The Morgan fingerprint density at radius 2 is 0.641 bits per heavy atom. The molecule has 188 valence electrons. The van der Waals surface area contributed by atoms with E-state index in [1.807, 2.05) is 12.1 Å². The van der Waals surface area contributed by atoms with Gasteiger partial charge in [0.15, 0.2) is 0 Å². The molecule has 2 atom stereocenters. The maximum atomic E-state index is 6.77. The molecule has 0 aliphatic heterocycles. The molecule has 1 nitrogen and oxygen atoms in total. The van der Waals surface area contributed by atoms with Crippen LogP contribution in [0.3, 0.4) is 0 Å². The van der Waals surface area contributed by atoms with Gasteiger partial charge in [0.05, 0.1) is 0 Å². The molecule has 0 saturated carbocycles. The molecule has 0 fully saturated rings. The molecule has 6 aromatic rings. The molecule has 39 heavy (non-hydrogen) atoms. The average Bonchev–Trinajstić information content (AvgIpc) is 3.00. The average molecular weight is 539 g/mol. The van der Waals surface area contributed by atoms with Crippen molar-refractivity contribution < 1.29 is 4.74 Å². The number of ether oxygens (including phenoxy) is 1.